The summed E-state index contributed by atoms with van der Waals surface area (Å²) in [5.74, 6) is 0.499. The first-order chi connectivity index (χ1) is 7.68. The molecule has 0 bridgehead atoms. The molecule has 1 saturated heterocycles. The van der Waals surface area contributed by atoms with Crippen molar-refractivity contribution in [1.29, 1.82) is 0 Å². The number of anilines is 1. The van der Waals surface area contributed by atoms with Crippen LogP contribution in [0.3, 0.4) is 0 Å². The minimum atomic E-state index is 0.167. The van der Waals surface area contributed by atoms with Crippen molar-refractivity contribution in [3.8, 4) is 0 Å². The molecule has 16 heavy (non-hydrogen) atoms. The zero-order valence-electron chi connectivity index (χ0n) is 8.98. The van der Waals surface area contributed by atoms with Crippen LogP contribution >= 0.6 is 12.2 Å². The van der Waals surface area contributed by atoms with Crippen molar-refractivity contribution in [3.63, 3.8) is 0 Å². The number of nitrogen functional groups attached to an aromatic ring is 1. The van der Waals surface area contributed by atoms with Crippen molar-refractivity contribution in [2.75, 3.05) is 18.8 Å². The fraction of sp³-hybridized carbons (Fsp3) is 0.667. The van der Waals surface area contributed by atoms with Crippen molar-refractivity contribution < 1.29 is 4.79 Å². The van der Waals surface area contributed by atoms with Crippen molar-refractivity contribution in [2.24, 2.45) is 0 Å². The molecular formula is C9H15N5OS. The number of carbonyl (C=O) groups is 1. The van der Waals surface area contributed by atoms with Crippen LogP contribution in [0.5, 0.6) is 0 Å². The largest absolute Gasteiger partial charge is 0.368 e. The standard InChI is InChI=1S/C9H15N5OS/c10-8-11-12-9(16)14(8)6-3-7(15)13-4-1-2-5-13/h1-6H2,(H2,10,11)(H,12,16). The maximum absolute atomic E-state index is 11.8. The minimum Gasteiger partial charge on any atom is -0.368 e. The van der Waals surface area contributed by atoms with Crippen molar-refractivity contribution in [2.45, 2.75) is 25.8 Å². The molecule has 2 heterocycles. The fourth-order valence-electron chi connectivity index (χ4n) is 1.88. The highest BCUT2D eigenvalue weighted by atomic mass is 32.1. The number of hydrogen-bond acceptors (Lipinski definition) is 4. The van der Waals surface area contributed by atoms with E-state index in [1.807, 2.05) is 4.90 Å². The van der Waals surface area contributed by atoms with Gasteiger partial charge in [-0.25, -0.2) is 5.10 Å². The number of nitrogens with one attached hydrogen (secondary N) is 1. The Morgan fingerprint density at radius 2 is 2.19 bits per heavy atom. The number of nitrogens with two attached hydrogens (primary N) is 1. The lowest BCUT2D eigenvalue weighted by atomic mass is 10.3. The van der Waals surface area contributed by atoms with E-state index < -0.39 is 0 Å². The SMILES string of the molecule is Nc1n[nH]c(=S)n1CCC(=O)N1CCCC1. The second kappa shape index (κ2) is 4.65. The Kier molecular flexibility index (Phi) is 3.23. The number of amides is 1. The van der Waals surface area contributed by atoms with E-state index in [0.29, 0.717) is 23.7 Å². The molecule has 0 aliphatic carbocycles. The van der Waals surface area contributed by atoms with Crippen LogP contribution in [-0.2, 0) is 11.3 Å². The van der Waals surface area contributed by atoms with E-state index >= 15 is 0 Å². The van der Waals surface area contributed by atoms with Crippen LogP contribution in [0.1, 0.15) is 19.3 Å². The lowest BCUT2D eigenvalue weighted by Crippen LogP contribution is -2.28. The van der Waals surface area contributed by atoms with Crippen LogP contribution in [0.25, 0.3) is 0 Å². The molecule has 1 aliphatic heterocycles. The molecule has 0 saturated carbocycles. The van der Waals surface area contributed by atoms with Gasteiger partial charge < -0.3 is 10.6 Å². The zero-order chi connectivity index (χ0) is 11.5. The smallest absolute Gasteiger partial charge is 0.224 e. The zero-order valence-corrected chi connectivity index (χ0v) is 9.79. The predicted molar refractivity (Wildman–Crippen MR) is 62.3 cm³/mol. The summed E-state index contributed by atoms with van der Waals surface area (Å²) in [6.45, 7) is 2.26. The first-order valence-electron chi connectivity index (χ1n) is 5.37. The summed E-state index contributed by atoms with van der Waals surface area (Å²) in [6, 6.07) is 0. The Morgan fingerprint density at radius 1 is 1.50 bits per heavy atom. The van der Waals surface area contributed by atoms with Gasteiger partial charge in [0.25, 0.3) is 0 Å². The summed E-state index contributed by atoms with van der Waals surface area (Å²) in [4.78, 5) is 13.7. The van der Waals surface area contributed by atoms with Crippen molar-refractivity contribution in [1.82, 2.24) is 19.7 Å². The summed E-state index contributed by atoms with van der Waals surface area (Å²) < 4.78 is 2.11. The molecule has 88 valence electrons. The van der Waals surface area contributed by atoms with Crippen LogP contribution in [0.2, 0.25) is 0 Å². The van der Waals surface area contributed by atoms with Gasteiger partial charge in [0.2, 0.25) is 11.9 Å². The van der Waals surface area contributed by atoms with Gasteiger partial charge in [-0.3, -0.25) is 9.36 Å². The van der Waals surface area contributed by atoms with Crippen molar-refractivity contribution in [3.05, 3.63) is 4.77 Å². The molecule has 0 unspecified atom stereocenters. The monoisotopic (exact) mass is 241 g/mol. The van der Waals surface area contributed by atoms with Gasteiger partial charge in [-0.2, -0.15) is 0 Å². The molecule has 7 heteroatoms. The Hall–Kier alpha value is -1.37. The quantitative estimate of drug-likeness (QED) is 0.757. The second-order valence-corrected chi connectivity index (χ2v) is 4.26. The molecule has 1 aromatic heterocycles. The van der Waals surface area contributed by atoms with Gasteiger partial charge in [0.15, 0.2) is 4.77 Å². The fourth-order valence-corrected chi connectivity index (χ4v) is 2.11. The summed E-state index contributed by atoms with van der Waals surface area (Å²) in [5.41, 5.74) is 5.61. The Balaban J connectivity index is 1.92. The third-order valence-corrected chi connectivity index (χ3v) is 3.11. The van der Waals surface area contributed by atoms with Crippen LogP contribution in [0.15, 0.2) is 0 Å². The highest BCUT2D eigenvalue weighted by Gasteiger charge is 2.17. The number of H-pyrrole nitrogens is 1. The average molecular weight is 241 g/mol. The van der Waals surface area contributed by atoms with E-state index in [-0.39, 0.29) is 5.91 Å². The highest BCUT2D eigenvalue weighted by Crippen LogP contribution is 2.10. The lowest BCUT2D eigenvalue weighted by molar-refractivity contribution is -0.130. The molecule has 0 spiro atoms. The third kappa shape index (κ3) is 2.24. The second-order valence-electron chi connectivity index (χ2n) is 3.88. The molecule has 1 aliphatic rings. The summed E-state index contributed by atoms with van der Waals surface area (Å²) in [7, 11) is 0. The summed E-state index contributed by atoms with van der Waals surface area (Å²) >= 11 is 5.00. The topological polar surface area (TPSA) is 79.9 Å². The van der Waals surface area contributed by atoms with Crippen LogP contribution in [0, 0.1) is 4.77 Å². The van der Waals surface area contributed by atoms with Gasteiger partial charge in [0.1, 0.15) is 0 Å². The third-order valence-electron chi connectivity index (χ3n) is 2.80. The lowest BCUT2D eigenvalue weighted by Gasteiger charge is -2.15. The molecule has 1 fully saturated rings. The number of likely N-dealkylation sites (tertiary alicyclic amines) is 1. The van der Waals surface area contributed by atoms with Gasteiger partial charge in [0.05, 0.1) is 0 Å². The number of carbonyl (C=O) groups excluding carboxylic acids is 1. The van der Waals surface area contributed by atoms with Gasteiger partial charge in [-0.1, -0.05) is 0 Å². The molecule has 3 N–H and O–H groups in total. The van der Waals surface area contributed by atoms with Gasteiger partial charge in [0, 0.05) is 26.1 Å². The first kappa shape index (κ1) is 11.1. The first-order valence-corrected chi connectivity index (χ1v) is 5.78. The number of aromatic amines is 1. The van der Waals surface area contributed by atoms with E-state index in [1.54, 1.807) is 4.57 Å². The molecular weight excluding hydrogens is 226 g/mol. The number of hydrogen-bond donors (Lipinski definition) is 2. The molecule has 6 nitrogen and oxygen atoms in total. The van der Waals surface area contributed by atoms with Crippen LogP contribution in [-0.4, -0.2) is 38.7 Å². The summed E-state index contributed by atoms with van der Waals surface area (Å²) in [5, 5.41) is 6.39. The Morgan fingerprint density at radius 3 is 2.75 bits per heavy atom. The summed E-state index contributed by atoms with van der Waals surface area (Å²) in [6.07, 6.45) is 2.65. The molecule has 2 rings (SSSR count). The number of rotatable bonds is 3. The van der Waals surface area contributed by atoms with Gasteiger partial charge in [-0.05, 0) is 25.1 Å². The van der Waals surface area contributed by atoms with Gasteiger partial charge in [-0.15, -0.1) is 5.10 Å². The minimum absolute atomic E-state index is 0.167. The van der Waals surface area contributed by atoms with Crippen LogP contribution in [0.4, 0.5) is 5.95 Å². The van der Waals surface area contributed by atoms with E-state index in [9.17, 15) is 4.79 Å². The molecule has 1 aromatic rings. The van der Waals surface area contributed by atoms with E-state index in [4.69, 9.17) is 18.0 Å². The maximum atomic E-state index is 11.8. The van der Waals surface area contributed by atoms with E-state index in [1.165, 1.54) is 0 Å². The van der Waals surface area contributed by atoms with E-state index in [0.717, 1.165) is 25.9 Å². The van der Waals surface area contributed by atoms with E-state index in [2.05, 4.69) is 10.2 Å². The average Bonchev–Trinajstić information content (AvgIpc) is 2.87. The molecule has 0 radical (unpaired) electrons. The Bertz CT molecular complexity index is 431. The van der Waals surface area contributed by atoms with Crippen molar-refractivity contribution >= 4 is 24.1 Å². The normalized spacial score (nSPS) is 15.6. The Labute approximate surface area is 98.4 Å². The highest BCUT2D eigenvalue weighted by molar-refractivity contribution is 7.71. The predicted octanol–water partition coefficient (Wildman–Crippen LogP) is 0.535. The molecule has 1 amide bonds. The molecule has 0 atom stereocenters. The molecule has 0 aromatic carbocycles. The number of nitrogens with zero attached hydrogens (tertiary/aromatic N) is 3. The number of aromatic nitrogens is 3. The maximum Gasteiger partial charge on any atom is 0.224 e. The van der Waals surface area contributed by atoms with Crippen LogP contribution < -0.4 is 5.73 Å². The van der Waals surface area contributed by atoms with Gasteiger partial charge >= 0.3 is 0 Å².